The summed E-state index contributed by atoms with van der Waals surface area (Å²) in [6, 6.07) is 11.9. The summed E-state index contributed by atoms with van der Waals surface area (Å²) in [4.78, 5) is 53.7. The van der Waals surface area contributed by atoms with Crippen molar-refractivity contribution in [3.05, 3.63) is 97.2 Å². The number of benzene rings is 2. The number of fused-ring (bicyclic) bond motifs is 1. The van der Waals surface area contributed by atoms with Gasteiger partial charge in [0.2, 0.25) is 11.7 Å². The van der Waals surface area contributed by atoms with Gasteiger partial charge in [0.15, 0.2) is 11.2 Å². The van der Waals surface area contributed by atoms with E-state index >= 15 is 0 Å². The van der Waals surface area contributed by atoms with Gasteiger partial charge in [-0.05, 0) is 17.7 Å². The van der Waals surface area contributed by atoms with Gasteiger partial charge in [0.25, 0.3) is 5.56 Å². The third-order valence-electron chi connectivity index (χ3n) is 5.43. The van der Waals surface area contributed by atoms with Crippen LogP contribution < -0.4 is 16.6 Å². The van der Waals surface area contributed by atoms with Gasteiger partial charge in [-0.25, -0.2) is 14.3 Å². The lowest BCUT2D eigenvalue weighted by atomic mass is 10.2. The molecule has 2 heterocycles. The number of rotatable bonds is 9. The first-order valence-electron chi connectivity index (χ1n) is 10.7. The van der Waals surface area contributed by atoms with Gasteiger partial charge in [0, 0.05) is 25.4 Å². The Morgan fingerprint density at radius 1 is 1.17 bits per heavy atom. The number of imidazole rings is 1. The van der Waals surface area contributed by atoms with E-state index in [1.54, 1.807) is 16.7 Å². The van der Waals surface area contributed by atoms with E-state index in [4.69, 9.17) is 4.74 Å². The standard InChI is InChI=1S/C23H21FN6O6/c1-36-10-9-27-14-25-21-20(27)22(32)29(23(33)28(21)12-15-5-3-2-4-6-15)13-19(31)26-16-7-8-17(24)18(11-16)30(34)35/h2-8,11,14H,9-10,12-13H2,1H3,(H,26,31). The average Bonchev–Trinajstić information content (AvgIpc) is 3.28. The summed E-state index contributed by atoms with van der Waals surface area (Å²) in [5.74, 6) is -1.86. The molecule has 0 spiro atoms. The number of hydrogen-bond donors (Lipinski definition) is 1. The van der Waals surface area contributed by atoms with Crippen LogP contribution in [0.2, 0.25) is 0 Å². The van der Waals surface area contributed by atoms with E-state index in [0.717, 1.165) is 28.3 Å². The quantitative estimate of drug-likeness (QED) is 0.275. The van der Waals surface area contributed by atoms with Crippen LogP contribution in [0.3, 0.4) is 0 Å². The summed E-state index contributed by atoms with van der Waals surface area (Å²) in [6.07, 6.45) is 1.42. The van der Waals surface area contributed by atoms with E-state index in [2.05, 4.69) is 10.3 Å². The van der Waals surface area contributed by atoms with E-state index < -0.39 is 40.1 Å². The highest BCUT2D eigenvalue weighted by Gasteiger charge is 2.21. The Bertz CT molecular complexity index is 1560. The zero-order valence-electron chi connectivity index (χ0n) is 19.1. The van der Waals surface area contributed by atoms with Crippen LogP contribution in [0.25, 0.3) is 11.2 Å². The lowest BCUT2D eigenvalue weighted by molar-refractivity contribution is -0.387. The van der Waals surface area contributed by atoms with Gasteiger partial charge in [-0.3, -0.25) is 24.3 Å². The number of aromatic nitrogens is 4. The summed E-state index contributed by atoms with van der Waals surface area (Å²) >= 11 is 0. The number of nitrogens with one attached hydrogen (secondary N) is 1. The second-order valence-electron chi connectivity index (χ2n) is 7.82. The number of carbonyl (C=O) groups excluding carboxylic acids is 1. The van der Waals surface area contributed by atoms with Crippen molar-refractivity contribution >= 4 is 28.4 Å². The molecule has 0 fully saturated rings. The maximum atomic E-state index is 13.6. The number of hydrogen-bond acceptors (Lipinski definition) is 7. The fourth-order valence-electron chi connectivity index (χ4n) is 3.72. The van der Waals surface area contributed by atoms with Crippen molar-refractivity contribution in [3.8, 4) is 0 Å². The minimum absolute atomic E-state index is 0.0584. The van der Waals surface area contributed by atoms with Gasteiger partial charge < -0.3 is 14.6 Å². The molecule has 0 atom stereocenters. The molecule has 4 aromatic rings. The topological polar surface area (TPSA) is 143 Å². The number of ether oxygens (including phenoxy) is 1. The van der Waals surface area contributed by atoms with Gasteiger partial charge in [-0.1, -0.05) is 30.3 Å². The maximum Gasteiger partial charge on any atom is 0.333 e. The summed E-state index contributed by atoms with van der Waals surface area (Å²) in [7, 11) is 1.51. The first kappa shape index (κ1) is 24.5. The molecule has 13 heteroatoms. The van der Waals surface area contributed by atoms with Crippen LogP contribution in [0, 0.1) is 15.9 Å². The molecule has 1 amide bonds. The Morgan fingerprint density at radius 3 is 2.61 bits per heavy atom. The second kappa shape index (κ2) is 10.3. The Kier molecular flexibility index (Phi) is 7.01. The molecular weight excluding hydrogens is 475 g/mol. The number of carbonyl (C=O) groups is 1. The van der Waals surface area contributed by atoms with E-state index in [9.17, 15) is 28.9 Å². The van der Waals surface area contributed by atoms with Gasteiger partial charge in [0.05, 0.1) is 24.4 Å². The number of anilines is 1. The summed E-state index contributed by atoms with van der Waals surface area (Å²) in [6.45, 7) is -0.00365. The normalized spacial score (nSPS) is 11.1. The number of nitro groups is 1. The van der Waals surface area contributed by atoms with Crippen molar-refractivity contribution in [3.63, 3.8) is 0 Å². The largest absolute Gasteiger partial charge is 0.383 e. The molecule has 1 N–H and O–H groups in total. The van der Waals surface area contributed by atoms with Crippen LogP contribution in [0.4, 0.5) is 15.8 Å². The fraction of sp³-hybridized carbons (Fsp3) is 0.217. The van der Waals surface area contributed by atoms with E-state index in [0.29, 0.717) is 0 Å². The van der Waals surface area contributed by atoms with Crippen molar-refractivity contribution in [2.24, 2.45) is 0 Å². The molecule has 0 aliphatic carbocycles. The van der Waals surface area contributed by atoms with Crippen molar-refractivity contribution in [1.29, 1.82) is 0 Å². The smallest absolute Gasteiger partial charge is 0.333 e. The zero-order chi connectivity index (χ0) is 25.8. The molecule has 2 aromatic carbocycles. The minimum Gasteiger partial charge on any atom is -0.383 e. The third kappa shape index (κ3) is 4.90. The Morgan fingerprint density at radius 2 is 1.92 bits per heavy atom. The Balaban J connectivity index is 1.75. The molecule has 0 aliphatic rings. The molecule has 0 aliphatic heterocycles. The Hall–Kier alpha value is -4.65. The Labute approximate surface area is 202 Å². The summed E-state index contributed by atoms with van der Waals surface area (Å²) in [5.41, 5.74) is -1.30. The molecule has 0 unspecified atom stereocenters. The molecule has 2 aromatic heterocycles. The predicted octanol–water partition coefficient (Wildman–Crippen LogP) is 1.74. The number of halogens is 1. The molecule has 0 radical (unpaired) electrons. The monoisotopic (exact) mass is 496 g/mol. The molecule has 36 heavy (non-hydrogen) atoms. The predicted molar refractivity (Wildman–Crippen MR) is 127 cm³/mol. The van der Waals surface area contributed by atoms with E-state index in [1.165, 1.54) is 18.0 Å². The molecule has 0 saturated carbocycles. The fourth-order valence-corrected chi connectivity index (χ4v) is 3.72. The van der Waals surface area contributed by atoms with Gasteiger partial charge in [-0.2, -0.15) is 4.39 Å². The second-order valence-corrected chi connectivity index (χ2v) is 7.82. The van der Waals surface area contributed by atoms with Crippen molar-refractivity contribution in [1.82, 2.24) is 18.7 Å². The average molecular weight is 496 g/mol. The first-order chi connectivity index (χ1) is 17.3. The van der Waals surface area contributed by atoms with Gasteiger partial charge in [0.1, 0.15) is 6.54 Å². The van der Waals surface area contributed by atoms with Gasteiger partial charge in [-0.15, -0.1) is 0 Å². The number of nitrogens with zero attached hydrogens (tertiary/aromatic N) is 5. The van der Waals surface area contributed by atoms with Crippen molar-refractivity contribution in [2.45, 2.75) is 19.6 Å². The van der Waals surface area contributed by atoms with Crippen LogP contribution in [0.15, 0.2) is 64.4 Å². The third-order valence-corrected chi connectivity index (χ3v) is 5.43. The van der Waals surface area contributed by atoms with Crippen molar-refractivity contribution in [2.75, 3.05) is 19.0 Å². The summed E-state index contributed by atoms with van der Waals surface area (Å²) < 4.78 is 22.3. The maximum absolute atomic E-state index is 13.6. The highest BCUT2D eigenvalue weighted by atomic mass is 19.1. The number of amides is 1. The number of nitro benzene ring substituents is 1. The SMILES string of the molecule is COCCn1cnc2c1c(=O)n(CC(=O)Nc1ccc(F)c([N+](=O)[O-])c1)c(=O)n2Cc1ccccc1. The molecule has 0 bridgehead atoms. The van der Waals surface area contributed by atoms with Crippen LogP contribution >= 0.6 is 0 Å². The van der Waals surface area contributed by atoms with Crippen LogP contribution in [-0.4, -0.2) is 43.2 Å². The lowest BCUT2D eigenvalue weighted by Crippen LogP contribution is -2.43. The zero-order valence-corrected chi connectivity index (χ0v) is 19.1. The van der Waals surface area contributed by atoms with Crippen LogP contribution in [0.5, 0.6) is 0 Å². The molecule has 4 rings (SSSR count). The minimum atomic E-state index is -1.06. The molecule has 186 valence electrons. The summed E-state index contributed by atoms with van der Waals surface area (Å²) in [5, 5.41) is 13.3. The molecule has 12 nitrogen and oxygen atoms in total. The van der Waals surface area contributed by atoms with Crippen LogP contribution in [-0.2, 0) is 29.2 Å². The highest BCUT2D eigenvalue weighted by molar-refractivity contribution is 5.91. The number of methoxy groups -OCH3 is 1. The highest BCUT2D eigenvalue weighted by Crippen LogP contribution is 2.21. The van der Waals surface area contributed by atoms with Gasteiger partial charge >= 0.3 is 11.4 Å². The van der Waals surface area contributed by atoms with Crippen LogP contribution in [0.1, 0.15) is 5.56 Å². The first-order valence-corrected chi connectivity index (χ1v) is 10.7. The molecule has 0 saturated heterocycles. The van der Waals surface area contributed by atoms with E-state index in [-0.39, 0.29) is 36.5 Å². The lowest BCUT2D eigenvalue weighted by Gasteiger charge is -2.13. The van der Waals surface area contributed by atoms with E-state index in [1.807, 2.05) is 18.2 Å². The van der Waals surface area contributed by atoms with Crippen molar-refractivity contribution < 1.29 is 18.8 Å². The molecular formula is C23H21FN6O6.